The molecule has 0 spiro atoms. The zero-order valence-corrected chi connectivity index (χ0v) is 11.9. The summed E-state index contributed by atoms with van der Waals surface area (Å²) in [6, 6.07) is 6.23. The molecule has 6 nitrogen and oxygen atoms in total. The number of benzene rings is 1. The smallest absolute Gasteiger partial charge is 0.220 e. The lowest BCUT2D eigenvalue weighted by Gasteiger charge is -2.15. The van der Waals surface area contributed by atoms with Crippen molar-refractivity contribution < 1.29 is 9.53 Å². The van der Waals surface area contributed by atoms with E-state index < -0.39 is 0 Å². The van der Waals surface area contributed by atoms with Crippen LogP contribution in [-0.4, -0.2) is 47.2 Å². The average molecular weight is 286 g/mol. The SMILES string of the molecule is COc1ccc2n[nH]c(CN3C[C@@H]4CC(=O)N[C@@H]4C3)c2c1. The van der Waals surface area contributed by atoms with Crippen LogP contribution in [0.4, 0.5) is 0 Å². The van der Waals surface area contributed by atoms with E-state index in [0.717, 1.165) is 42.0 Å². The molecule has 1 aromatic carbocycles. The van der Waals surface area contributed by atoms with Crippen LogP contribution in [0.2, 0.25) is 0 Å². The number of hydrogen-bond acceptors (Lipinski definition) is 4. The number of amides is 1. The van der Waals surface area contributed by atoms with E-state index >= 15 is 0 Å². The highest BCUT2D eigenvalue weighted by molar-refractivity contribution is 5.83. The highest BCUT2D eigenvalue weighted by atomic mass is 16.5. The number of aromatic amines is 1. The number of hydrogen-bond donors (Lipinski definition) is 2. The molecule has 0 saturated carbocycles. The van der Waals surface area contributed by atoms with Gasteiger partial charge in [-0.25, -0.2) is 0 Å². The molecule has 0 unspecified atom stereocenters. The van der Waals surface area contributed by atoms with Gasteiger partial charge in [-0.05, 0) is 18.2 Å². The van der Waals surface area contributed by atoms with Gasteiger partial charge in [0, 0.05) is 43.4 Å². The topological polar surface area (TPSA) is 70.2 Å². The normalized spacial score (nSPS) is 25.3. The Hall–Kier alpha value is -2.08. The molecule has 0 bridgehead atoms. The van der Waals surface area contributed by atoms with E-state index in [0.29, 0.717) is 18.4 Å². The Balaban J connectivity index is 1.54. The molecule has 2 aliphatic heterocycles. The van der Waals surface area contributed by atoms with Crippen molar-refractivity contribution in [3.8, 4) is 5.75 Å². The van der Waals surface area contributed by atoms with E-state index in [2.05, 4.69) is 20.4 Å². The van der Waals surface area contributed by atoms with Gasteiger partial charge in [-0.3, -0.25) is 14.8 Å². The molecule has 6 heteroatoms. The summed E-state index contributed by atoms with van der Waals surface area (Å²) in [5.74, 6) is 1.50. The van der Waals surface area contributed by atoms with Crippen LogP contribution in [0.1, 0.15) is 12.1 Å². The van der Waals surface area contributed by atoms with Crippen LogP contribution < -0.4 is 10.1 Å². The van der Waals surface area contributed by atoms with Crippen LogP contribution >= 0.6 is 0 Å². The quantitative estimate of drug-likeness (QED) is 0.879. The molecule has 1 amide bonds. The lowest BCUT2D eigenvalue weighted by molar-refractivity contribution is -0.119. The molecule has 2 N–H and O–H groups in total. The molecule has 2 aromatic rings. The second kappa shape index (κ2) is 4.73. The first-order valence-corrected chi connectivity index (χ1v) is 7.25. The summed E-state index contributed by atoms with van der Waals surface area (Å²) in [6.45, 7) is 2.71. The third kappa shape index (κ3) is 2.15. The zero-order valence-electron chi connectivity index (χ0n) is 11.9. The molecule has 3 heterocycles. The van der Waals surface area contributed by atoms with Crippen molar-refractivity contribution in [2.45, 2.75) is 19.0 Å². The number of rotatable bonds is 3. The number of fused-ring (bicyclic) bond motifs is 2. The van der Waals surface area contributed by atoms with Gasteiger partial charge in [0.25, 0.3) is 0 Å². The first kappa shape index (κ1) is 12.6. The molecule has 2 fully saturated rings. The van der Waals surface area contributed by atoms with E-state index in [4.69, 9.17) is 4.74 Å². The fourth-order valence-corrected chi connectivity index (χ4v) is 3.48. The Morgan fingerprint density at radius 1 is 1.43 bits per heavy atom. The van der Waals surface area contributed by atoms with Crippen molar-refractivity contribution in [3.63, 3.8) is 0 Å². The van der Waals surface area contributed by atoms with Crippen LogP contribution in [-0.2, 0) is 11.3 Å². The van der Waals surface area contributed by atoms with Gasteiger partial charge in [0.2, 0.25) is 5.91 Å². The van der Waals surface area contributed by atoms with Gasteiger partial charge in [-0.1, -0.05) is 0 Å². The van der Waals surface area contributed by atoms with Gasteiger partial charge in [-0.15, -0.1) is 0 Å². The number of ether oxygens (including phenoxy) is 1. The van der Waals surface area contributed by atoms with Gasteiger partial charge in [0.05, 0.1) is 18.3 Å². The van der Waals surface area contributed by atoms with Crippen LogP contribution in [0.3, 0.4) is 0 Å². The summed E-state index contributed by atoms with van der Waals surface area (Å²) >= 11 is 0. The summed E-state index contributed by atoms with van der Waals surface area (Å²) in [7, 11) is 1.67. The van der Waals surface area contributed by atoms with Crippen LogP contribution in [0.25, 0.3) is 10.9 Å². The Morgan fingerprint density at radius 3 is 3.14 bits per heavy atom. The first-order valence-electron chi connectivity index (χ1n) is 7.25. The number of aromatic nitrogens is 2. The maximum Gasteiger partial charge on any atom is 0.220 e. The van der Waals surface area contributed by atoms with Crippen molar-refractivity contribution in [3.05, 3.63) is 23.9 Å². The van der Waals surface area contributed by atoms with Crippen molar-refractivity contribution in [1.29, 1.82) is 0 Å². The third-order valence-electron chi connectivity index (χ3n) is 4.53. The molecule has 110 valence electrons. The predicted molar refractivity (Wildman–Crippen MR) is 78.0 cm³/mol. The third-order valence-corrected chi connectivity index (χ3v) is 4.53. The highest BCUT2D eigenvalue weighted by Crippen LogP contribution is 2.28. The largest absolute Gasteiger partial charge is 0.497 e. The van der Waals surface area contributed by atoms with Crippen LogP contribution in [0.5, 0.6) is 5.75 Å². The minimum absolute atomic E-state index is 0.196. The summed E-state index contributed by atoms with van der Waals surface area (Å²) < 4.78 is 5.29. The predicted octanol–water partition coefficient (Wildman–Crippen LogP) is 0.892. The molecular formula is C15H18N4O2. The Kier molecular flexibility index (Phi) is 2.85. The van der Waals surface area contributed by atoms with Gasteiger partial charge in [0.1, 0.15) is 5.75 Å². The van der Waals surface area contributed by atoms with Gasteiger partial charge in [-0.2, -0.15) is 5.10 Å². The maximum atomic E-state index is 11.4. The van der Waals surface area contributed by atoms with Crippen LogP contribution in [0.15, 0.2) is 18.2 Å². The van der Waals surface area contributed by atoms with Crippen molar-refractivity contribution in [1.82, 2.24) is 20.4 Å². The maximum absolute atomic E-state index is 11.4. The zero-order chi connectivity index (χ0) is 14.4. The fraction of sp³-hybridized carbons (Fsp3) is 0.467. The summed E-state index contributed by atoms with van der Waals surface area (Å²) in [6.07, 6.45) is 0.665. The summed E-state index contributed by atoms with van der Waals surface area (Å²) in [4.78, 5) is 13.7. The monoisotopic (exact) mass is 286 g/mol. The number of methoxy groups -OCH3 is 1. The van der Waals surface area contributed by atoms with Crippen molar-refractivity contribution in [2.75, 3.05) is 20.2 Å². The first-order chi connectivity index (χ1) is 10.2. The lowest BCUT2D eigenvalue weighted by atomic mass is 10.1. The van der Waals surface area contributed by atoms with E-state index in [1.165, 1.54) is 0 Å². The lowest BCUT2D eigenvalue weighted by Crippen LogP contribution is -2.32. The standard InChI is InChI=1S/C15H18N4O2/c1-21-10-2-3-12-11(5-10)14(18-17-12)8-19-6-9-4-15(20)16-13(9)7-19/h2-3,5,9,13H,4,6-8H2,1H3,(H,16,20)(H,17,18)/t9-,13+/m0/s1. The van der Waals surface area contributed by atoms with Gasteiger partial charge in [0.15, 0.2) is 0 Å². The molecule has 2 aliphatic rings. The van der Waals surface area contributed by atoms with Crippen LogP contribution in [0, 0.1) is 5.92 Å². The van der Waals surface area contributed by atoms with E-state index in [1.54, 1.807) is 7.11 Å². The Morgan fingerprint density at radius 2 is 2.33 bits per heavy atom. The van der Waals surface area contributed by atoms with E-state index in [1.807, 2.05) is 18.2 Å². The molecule has 21 heavy (non-hydrogen) atoms. The fourth-order valence-electron chi connectivity index (χ4n) is 3.48. The van der Waals surface area contributed by atoms with Crippen molar-refractivity contribution in [2.24, 2.45) is 5.92 Å². The minimum Gasteiger partial charge on any atom is -0.497 e. The van der Waals surface area contributed by atoms with E-state index in [9.17, 15) is 4.79 Å². The molecule has 4 rings (SSSR count). The number of carbonyl (C=O) groups is 1. The number of H-pyrrole nitrogens is 1. The number of carbonyl (C=O) groups excluding carboxylic acids is 1. The molecule has 0 aliphatic carbocycles. The Bertz CT molecular complexity index is 680. The molecule has 1 aromatic heterocycles. The number of likely N-dealkylation sites (tertiary alicyclic amines) is 1. The second-order valence-electron chi connectivity index (χ2n) is 5.92. The number of nitrogens with one attached hydrogen (secondary N) is 2. The summed E-state index contributed by atoms with van der Waals surface area (Å²) in [5, 5.41) is 11.6. The molecule has 2 atom stereocenters. The number of nitrogens with zero attached hydrogens (tertiary/aromatic N) is 2. The minimum atomic E-state index is 0.196. The molecule has 0 radical (unpaired) electrons. The molecular weight excluding hydrogens is 268 g/mol. The van der Waals surface area contributed by atoms with Gasteiger partial charge >= 0.3 is 0 Å². The summed E-state index contributed by atoms with van der Waals surface area (Å²) in [5.41, 5.74) is 2.06. The Labute approximate surface area is 122 Å². The average Bonchev–Trinajstić information content (AvgIpc) is 3.12. The van der Waals surface area contributed by atoms with E-state index in [-0.39, 0.29) is 5.91 Å². The second-order valence-corrected chi connectivity index (χ2v) is 5.92. The van der Waals surface area contributed by atoms with Gasteiger partial charge < -0.3 is 10.1 Å². The molecule has 2 saturated heterocycles. The van der Waals surface area contributed by atoms with Crippen molar-refractivity contribution >= 4 is 16.8 Å². The highest BCUT2D eigenvalue weighted by Gasteiger charge is 2.39.